The zero-order chi connectivity index (χ0) is 20.9. The highest BCUT2D eigenvalue weighted by Crippen LogP contribution is 2.30. The molecule has 0 aliphatic rings. The van der Waals surface area contributed by atoms with Crippen LogP contribution in [0.15, 0.2) is 73.6 Å². The molecular weight excluding hydrogens is 402 g/mol. The third-order valence-corrected chi connectivity index (χ3v) is 4.95. The molecular formula is C22H20ClN5O2. The second-order valence-corrected chi connectivity index (χ2v) is 7.10. The van der Waals surface area contributed by atoms with Gasteiger partial charge in [0.1, 0.15) is 18.4 Å². The predicted octanol–water partition coefficient (Wildman–Crippen LogP) is 3.71. The van der Waals surface area contributed by atoms with Gasteiger partial charge in [-0.3, -0.25) is 4.79 Å². The lowest BCUT2D eigenvalue weighted by Crippen LogP contribution is -2.23. The number of aromatic nitrogens is 4. The van der Waals surface area contributed by atoms with Crippen LogP contribution in [0.1, 0.15) is 21.5 Å². The Labute approximate surface area is 178 Å². The van der Waals surface area contributed by atoms with Crippen molar-refractivity contribution < 1.29 is 9.53 Å². The summed E-state index contributed by atoms with van der Waals surface area (Å²) < 4.78 is 9.06. The Morgan fingerprint density at radius 3 is 2.67 bits per heavy atom. The van der Waals surface area contributed by atoms with E-state index in [1.807, 2.05) is 53.4 Å². The van der Waals surface area contributed by atoms with E-state index in [9.17, 15) is 4.79 Å². The predicted molar refractivity (Wildman–Crippen MR) is 114 cm³/mol. The maximum atomic E-state index is 12.8. The molecule has 0 saturated carbocycles. The first-order valence-electron chi connectivity index (χ1n) is 9.33. The number of hydrogen-bond acceptors (Lipinski definition) is 4. The molecule has 0 fully saturated rings. The third-order valence-electron chi connectivity index (χ3n) is 4.65. The average molecular weight is 422 g/mol. The summed E-state index contributed by atoms with van der Waals surface area (Å²) in [6, 6.07) is 15.2. The zero-order valence-electron chi connectivity index (χ0n) is 16.3. The molecule has 1 amide bonds. The molecule has 0 saturated heterocycles. The normalized spacial score (nSPS) is 10.7. The summed E-state index contributed by atoms with van der Waals surface area (Å²) in [7, 11) is 1.53. The van der Waals surface area contributed by atoms with E-state index in [4.69, 9.17) is 16.3 Å². The molecule has 1 N–H and O–H groups in total. The molecule has 0 aliphatic carbocycles. The Hall–Kier alpha value is -3.58. The molecule has 7 nitrogen and oxygen atoms in total. The van der Waals surface area contributed by atoms with Crippen LogP contribution in [-0.4, -0.2) is 32.3 Å². The summed E-state index contributed by atoms with van der Waals surface area (Å²) in [6.45, 7) is 0.996. The van der Waals surface area contributed by atoms with Crippen molar-refractivity contribution in [1.82, 2.24) is 24.6 Å². The number of nitrogens with one attached hydrogen (secondary N) is 1. The van der Waals surface area contributed by atoms with Gasteiger partial charge in [0.25, 0.3) is 5.91 Å². The average Bonchev–Trinajstić information content (AvgIpc) is 3.46. The standard InChI is InChI=1S/C22H20ClN5O2/c1-30-21-11-20(27-7-2-3-8-27)19(23)10-18(21)22(29)25-12-16-5-4-6-17(9-16)13-28-15-24-14-26-28/h2-11,14-15H,12-13H2,1H3,(H,25,29). The van der Waals surface area contributed by atoms with Crippen molar-refractivity contribution in [2.45, 2.75) is 13.1 Å². The molecule has 0 spiro atoms. The highest BCUT2D eigenvalue weighted by atomic mass is 35.5. The Bertz CT molecular complexity index is 1140. The van der Waals surface area contributed by atoms with Gasteiger partial charge < -0.3 is 14.6 Å². The van der Waals surface area contributed by atoms with Gasteiger partial charge in [-0.25, -0.2) is 9.67 Å². The summed E-state index contributed by atoms with van der Waals surface area (Å²) in [6.07, 6.45) is 6.94. The first-order valence-corrected chi connectivity index (χ1v) is 9.71. The lowest BCUT2D eigenvalue weighted by atomic mass is 10.1. The van der Waals surface area contributed by atoms with Crippen molar-refractivity contribution in [3.63, 3.8) is 0 Å². The molecule has 2 heterocycles. The maximum absolute atomic E-state index is 12.8. The van der Waals surface area contributed by atoms with Gasteiger partial charge in [-0.05, 0) is 29.3 Å². The number of hydrogen-bond donors (Lipinski definition) is 1. The van der Waals surface area contributed by atoms with E-state index in [0.29, 0.717) is 29.4 Å². The number of halogens is 1. The second-order valence-electron chi connectivity index (χ2n) is 6.69. The van der Waals surface area contributed by atoms with E-state index in [2.05, 4.69) is 15.4 Å². The molecule has 2 aromatic carbocycles. The van der Waals surface area contributed by atoms with Gasteiger partial charge in [0.15, 0.2) is 0 Å². The molecule has 0 bridgehead atoms. The molecule has 4 aromatic rings. The van der Waals surface area contributed by atoms with Crippen LogP contribution in [0, 0.1) is 0 Å². The topological polar surface area (TPSA) is 74.0 Å². The molecule has 0 aliphatic heterocycles. The van der Waals surface area contributed by atoms with Crippen molar-refractivity contribution >= 4 is 17.5 Å². The highest BCUT2D eigenvalue weighted by Gasteiger charge is 2.16. The van der Waals surface area contributed by atoms with Crippen molar-refractivity contribution in [2.75, 3.05) is 7.11 Å². The number of carbonyl (C=O) groups excluding carboxylic acids is 1. The molecule has 8 heteroatoms. The van der Waals surface area contributed by atoms with Gasteiger partial charge in [-0.2, -0.15) is 5.10 Å². The number of benzene rings is 2. The quantitative estimate of drug-likeness (QED) is 0.493. The zero-order valence-corrected chi connectivity index (χ0v) is 17.1. The summed E-state index contributed by atoms with van der Waals surface area (Å²) in [5.74, 6) is 0.204. The fraction of sp³-hybridized carbons (Fsp3) is 0.136. The van der Waals surface area contributed by atoms with E-state index in [1.54, 1.807) is 23.1 Å². The number of methoxy groups -OCH3 is 1. The van der Waals surface area contributed by atoms with Gasteiger partial charge in [0, 0.05) is 25.0 Å². The number of ether oxygens (including phenoxy) is 1. The Kier molecular flexibility index (Phi) is 5.81. The van der Waals surface area contributed by atoms with Gasteiger partial charge >= 0.3 is 0 Å². The third kappa shape index (κ3) is 4.36. The lowest BCUT2D eigenvalue weighted by molar-refractivity contribution is 0.0948. The fourth-order valence-corrected chi connectivity index (χ4v) is 3.46. The minimum absolute atomic E-state index is 0.255. The van der Waals surface area contributed by atoms with Crippen LogP contribution in [0.5, 0.6) is 5.75 Å². The van der Waals surface area contributed by atoms with Crippen LogP contribution in [0.25, 0.3) is 5.69 Å². The van der Waals surface area contributed by atoms with Crippen LogP contribution in [0.4, 0.5) is 0 Å². The SMILES string of the molecule is COc1cc(-n2cccc2)c(Cl)cc1C(=O)NCc1cccc(Cn2cncn2)c1. The monoisotopic (exact) mass is 421 g/mol. The highest BCUT2D eigenvalue weighted by molar-refractivity contribution is 6.33. The Balaban J connectivity index is 1.48. The Morgan fingerprint density at radius 2 is 1.93 bits per heavy atom. The van der Waals surface area contributed by atoms with Crippen molar-refractivity contribution in [1.29, 1.82) is 0 Å². The number of nitrogens with zero attached hydrogens (tertiary/aromatic N) is 4. The van der Waals surface area contributed by atoms with Gasteiger partial charge in [0.05, 0.1) is 29.9 Å². The first-order chi connectivity index (χ1) is 14.6. The maximum Gasteiger partial charge on any atom is 0.255 e. The molecule has 0 atom stereocenters. The molecule has 2 aromatic heterocycles. The number of rotatable bonds is 7. The summed E-state index contributed by atoms with van der Waals surface area (Å²) >= 11 is 6.43. The fourth-order valence-electron chi connectivity index (χ4n) is 3.20. The van der Waals surface area contributed by atoms with E-state index in [-0.39, 0.29) is 5.91 Å². The smallest absolute Gasteiger partial charge is 0.255 e. The second kappa shape index (κ2) is 8.84. The lowest BCUT2D eigenvalue weighted by Gasteiger charge is -2.14. The minimum atomic E-state index is -0.255. The van der Waals surface area contributed by atoms with E-state index in [0.717, 1.165) is 16.8 Å². The van der Waals surface area contributed by atoms with Crippen molar-refractivity contribution in [3.05, 3.63) is 95.3 Å². The van der Waals surface area contributed by atoms with E-state index in [1.165, 1.54) is 13.4 Å². The van der Waals surface area contributed by atoms with Crippen molar-refractivity contribution in [3.8, 4) is 11.4 Å². The largest absolute Gasteiger partial charge is 0.496 e. The minimum Gasteiger partial charge on any atom is -0.496 e. The molecule has 152 valence electrons. The van der Waals surface area contributed by atoms with Crippen LogP contribution in [0.3, 0.4) is 0 Å². The van der Waals surface area contributed by atoms with Crippen molar-refractivity contribution in [2.24, 2.45) is 0 Å². The van der Waals surface area contributed by atoms with Crippen LogP contribution in [0.2, 0.25) is 5.02 Å². The molecule has 4 rings (SSSR count). The Morgan fingerprint density at radius 1 is 1.13 bits per heavy atom. The number of carbonyl (C=O) groups is 1. The number of amides is 1. The van der Waals surface area contributed by atoms with Crippen LogP contribution < -0.4 is 10.1 Å². The van der Waals surface area contributed by atoms with Gasteiger partial charge in [-0.1, -0.05) is 35.9 Å². The summed E-state index contributed by atoms with van der Waals surface area (Å²) in [4.78, 5) is 16.8. The van der Waals surface area contributed by atoms with Gasteiger partial charge in [0.2, 0.25) is 0 Å². The van der Waals surface area contributed by atoms with Crippen LogP contribution >= 0.6 is 11.6 Å². The van der Waals surface area contributed by atoms with Gasteiger partial charge in [-0.15, -0.1) is 0 Å². The van der Waals surface area contributed by atoms with E-state index < -0.39 is 0 Å². The summed E-state index contributed by atoms with van der Waals surface area (Å²) in [5, 5.41) is 7.52. The molecule has 0 unspecified atom stereocenters. The van der Waals surface area contributed by atoms with E-state index >= 15 is 0 Å². The molecule has 0 radical (unpaired) electrons. The summed E-state index contributed by atoms with van der Waals surface area (Å²) in [5.41, 5.74) is 3.19. The first kappa shape index (κ1) is 19.7. The van der Waals surface area contributed by atoms with Crippen LogP contribution in [-0.2, 0) is 13.1 Å². The molecule has 30 heavy (non-hydrogen) atoms.